The highest BCUT2D eigenvalue weighted by Crippen LogP contribution is 2.42. The van der Waals surface area contributed by atoms with Crippen LogP contribution in [0.3, 0.4) is 0 Å². The largest absolute Gasteiger partial charge is 0.310 e. The van der Waals surface area contributed by atoms with Crippen LogP contribution in [0.4, 0.5) is 34.1 Å². The van der Waals surface area contributed by atoms with Crippen LogP contribution in [0.2, 0.25) is 10.0 Å². The summed E-state index contributed by atoms with van der Waals surface area (Å²) in [6.07, 6.45) is 0. The number of halogens is 2. The molecule has 0 radical (unpaired) electrons. The van der Waals surface area contributed by atoms with Crippen molar-refractivity contribution in [2.75, 3.05) is 9.80 Å². The first-order valence-electron chi connectivity index (χ1n) is 15.2. The second kappa shape index (κ2) is 13.4. The molecule has 0 aliphatic heterocycles. The van der Waals surface area contributed by atoms with Gasteiger partial charge in [0.05, 0.1) is 0 Å². The molecule has 0 aromatic heterocycles. The van der Waals surface area contributed by atoms with E-state index in [0.29, 0.717) is 10.0 Å². The number of rotatable bonds is 8. The van der Waals surface area contributed by atoms with Crippen molar-refractivity contribution in [3.05, 3.63) is 192 Å². The van der Waals surface area contributed by atoms with E-state index in [-0.39, 0.29) is 0 Å². The zero-order valence-electron chi connectivity index (χ0n) is 25.0. The van der Waals surface area contributed by atoms with Gasteiger partial charge in [0, 0.05) is 44.2 Å². The van der Waals surface area contributed by atoms with Gasteiger partial charge in [0.2, 0.25) is 0 Å². The highest BCUT2D eigenvalue weighted by molar-refractivity contribution is 6.31. The molecular formula is C42H30Cl2N2. The predicted octanol–water partition coefficient (Wildman–Crippen LogP) is 13.3. The fourth-order valence-corrected chi connectivity index (χ4v) is 6.22. The maximum absolute atomic E-state index is 6.48. The number of para-hydroxylation sites is 2. The lowest BCUT2D eigenvalue weighted by Gasteiger charge is -2.27. The Morgan fingerprint density at radius 2 is 0.674 bits per heavy atom. The SMILES string of the molecule is Clc1cccc(N(c2ccccc2)c2ccc(-c3ccc(N(c4ccccc4)c4cccc(Cl)c4)cc3-c3ccccc3)cc2)c1. The summed E-state index contributed by atoms with van der Waals surface area (Å²) in [6.45, 7) is 0. The maximum atomic E-state index is 6.48. The second-order valence-corrected chi connectivity index (χ2v) is 11.8. The first-order valence-corrected chi connectivity index (χ1v) is 15.9. The smallest absolute Gasteiger partial charge is 0.0476 e. The lowest BCUT2D eigenvalue weighted by atomic mass is 9.93. The molecule has 7 aromatic rings. The average molecular weight is 634 g/mol. The number of anilines is 6. The molecule has 0 spiro atoms. The molecule has 7 aromatic carbocycles. The minimum atomic E-state index is 0.695. The number of benzene rings is 7. The van der Waals surface area contributed by atoms with Crippen molar-refractivity contribution in [1.29, 1.82) is 0 Å². The molecule has 0 unspecified atom stereocenters. The summed E-state index contributed by atoms with van der Waals surface area (Å²) in [4.78, 5) is 4.47. The van der Waals surface area contributed by atoms with E-state index in [1.165, 1.54) is 0 Å². The molecular weight excluding hydrogens is 603 g/mol. The summed E-state index contributed by atoms with van der Waals surface area (Å²) in [5, 5.41) is 1.39. The molecule has 0 bridgehead atoms. The van der Waals surface area contributed by atoms with Gasteiger partial charge in [0.15, 0.2) is 0 Å². The van der Waals surface area contributed by atoms with E-state index in [1.807, 2.05) is 48.5 Å². The predicted molar refractivity (Wildman–Crippen MR) is 197 cm³/mol. The van der Waals surface area contributed by atoms with Crippen molar-refractivity contribution in [2.24, 2.45) is 0 Å². The average Bonchev–Trinajstić information content (AvgIpc) is 3.10. The molecule has 0 atom stereocenters. The molecule has 46 heavy (non-hydrogen) atoms. The Kier molecular flexibility index (Phi) is 8.56. The molecule has 0 N–H and O–H groups in total. The van der Waals surface area contributed by atoms with Crippen molar-refractivity contribution in [1.82, 2.24) is 0 Å². The Morgan fingerprint density at radius 1 is 0.283 bits per heavy atom. The molecule has 4 heteroatoms. The first-order chi connectivity index (χ1) is 22.6. The summed E-state index contributed by atoms with van der Waals surface area (Å²) < 4.78 is 0. The van der Waals surface area contributed by atoms with E-state index in [9.17, 15) is 0 Å². The van der Waals surface area contributed by atoms with E-state index in [4.69, 9.17) is 23.2 Å². The van der Waals surface area contributed by atoms with Gasteiger partial charge in [-0.15, -0.1) is 0 Å². The summed E-state index contributed by atoms with van der Waals surface area (Å²) in [5.41, 5.74) is 10.8. The van der Waals surface area contributed by atoms with Crippen molar-refractivity contribution in [3.8, 4) is 22.3 Å². The monoisotopic (exact) mass is 632 g/mol. The minimum absolute atomic E-state index is 0.695. The zero-order chi connectivity index (χ0) is 31.3. The molecule has 0 saturated heterocycles. The maximum Gasteiger partial charge on any atom is 0.0476 e. The molecule has 7 rings (SSSR count). The lowest BCUT2D eigenvalue weighted by molar-refractivity contribution is 1.28. The fraction of sp³-hybridized carbons (Fsp3) is 0. The second-order valence-electron chi connectivity index (χ2n) is 10.9. The van der Waals surface area contributed by atoms with Crippen molar-refractivity contribution in [3.63, 3.8) is 0 Å². The molecule has 0 heterocycles. The van der Waals surface area contributed by atoms with Crippen LogP contribution in [0.25, 0.3) is 22.3 Å². The third kappa shape index (κ3) is 6.27. The van der Waals surface area contributed by atoms with Gasteiger partial charge in [-0.2, -0.15) is 0 Å². The molecule has 0 amide bonds. The van der Waals surface area contributed by atoms with Gasteiger partial charge < -0.3 is 9.80 Å². The van der Waals surface area contributed by atoms with E-state index >= 15 is 0 Å². The quantitative estimate of drug-likeness (QED) is 0.164. The van der Waals surface area contributed by atoms with Crippen LogP contribution in [-0.2, 0) is 0 Å². The fourth-order valence-electron chi connectivity index (χ4n) is 5.85. The Balaban J connectivity index is 1.34. The molecule has 0 fully saturated rings. The standard InChI is InChI=1S/C42H30Cl2N2/c43-33-14-10-20-38(28-33)45(35-16-6-2-7-17-35)37-24-22-32(23-25-37)41-27-26-40(30-42(41)31-12-4-1-5-13-31)46(36-18-8-3-9-19-36)39-21-11-15-34(44)29-39/h1-30H. The topological polar surface area (TPSA) is 6.48 Å². The third-order valence-corrected chi connectivity index (χ3v) is 8.41. The molecule has 222 valence electrons. The van der Waals surface area contributed by atoms with Crippen molar-refractivity contribution >= 4 is 57.3 Å². The van der Waals surface area contributed by atoms with Crippen LogP contribution in [0.5, 0.6) is 0 Å². The number of hydrogen-bond donors (Lipinski definition) is 0. The lowest BCUT2D eigenvalue weighted by Crippen LogP contribution is -2.10. The summed E-state index contributed by atoms with van der Waals surface area (Å²) in [7, 11) is 0. The zero-order valence-corrected chi connectivity index (χ0v) is 26.5. The highest BCUT2D eigenvalue weighted by atomic mass is 35.5. The van der Waals surface area contributed by atoms with Gasteiger partial charge in [0.1, 0.15) is 0 Å². The number of hydrogen-bond acceptors (Lipinski definition) is 2. The van der Waals surface area contributed by atoms with E-state index in [1.54, 1.807) is 0 Å². The van der Waals surface area contributed by atoms with Crippen molar-refractivity contribution < 1.29 is 0 Å². The van der Waals surface area contributed by atoms with Crippen LogP contribution in [0.1, 0.15) is 0 Å². The number of nitrogens with zero attached hydrogens (tertiary/aromatic N) is 2. The molecule has 0 aliphatic carbocycles. The first kappa shape index (κ1) is 29.4. The Morgan fingerprint density at radius 3 is 1.20 bits per heavy atom. The third-order valence-electron chi connectivity index (χ3n) is 7.94. The summed E-state index contributed by atoms with van der Waals surface area (Å²) in [5.74, 6) is 0. The van der Waals surface area contributed by atoms with E-state index in [2.05, 4.69) is 143 Å². The van der Waals surface area contributed by atoms with Crippen LogP contribution in [0.15, 0.2) is 182 Å². The van der Waals surface area contributed by atoms with Gasteiger partial charge in [0.25, 0.3) is 0 Å². The van der Waals surface area contributed by atoms with Crippen LogP contribution >= 0.6 is 23.2 Å². The van der Waals surface area contributed by atoms with Gasteiger partial charge in [-0.05, 0) is 107 Å². The van der Waals surface area contributed by atoms with Gasteiger partial charge in [-0.1, -0.05) is 120 Å². The summed E-state index contributed by atoms with van der Waals surface area (Å²) in [6, 6.07) is 62.7. The van der Waals surface area contributed by atoms with Crippen molar-refractivity contribution in [2.45, 2.75) is 0 Å². The molecule has 0 saturated carbocycles. The normalized spacial score (nSPS) is 10.8. The van der Waals surface area contributed by atoms with E-state index in [0.717, 1.165) is 56.4 Å². The molecule has 0 aliphatic rings. The Labute approximate surface area is 280 Å². The summed E-state index contributed by atoms with van der Waals surface area (Å²) >= 11 is 12.9. The Bertz CT molecular complexity index is 2060. The van der Waals surface area contributed by atoms with Crippen LogP contribution in [0, 0.1) is 0 Å². The Hall–Kier alpha value is -5.28. The van der Waals surface area contributed by atoms with Gasteiger partial charge in [-0.3, -0.25) is 0 Å². The minimum Gasteiger partial charge on any atom is -0.310 e. The van der Waals surface area contributed by atoms with Crippen LogP contribution in [-0.4, -0.2) is 0 Å². The molecule has 2 nitrogen and oxygen atoms in total. The van der Waals surface area contributed by atoms with Gasteiger partial charge >= 0.3 is 0 Å². The highest BCUT2D eigenvalue weighted by Gasteiger charge is 2.18. The van der Waals surface area contributed by atoms with Crippen LogP contribution < -0.4 is 9.80 Å². The van der Waals surface area contributed by atoms with E-state index < -0.39 is 0 Å². The van der Waals surface area contributed by atoms with Gasteiger partial charge in [-0.25, -0.2) is 0 Å².